The van der Waals surface area contributed by atoms with Gasteiger partial charge in [0.25, 0.3) is 0 Å². The SMILES string of the molecule is CN=C(NC)N1CCSC(C)(C)C1.I. The molecule has 1 aliphatic heterocycles. The van der Waals surface area contributed by atoms with E-state index in [0.29, 0.717) is 4.75 Å². The second kappa shape index (κ2) is 6.05. The van der Waals surface area contributed by atoms with Crippen LogP contribution in [0.3, 0.4) is 0 Å². The maximum atomic E-state index is 4.22. The van der Waals surface area contributed by atoms with Gasteiger partial charge in [0.1, 0.15) is 0 Å². The van der Waals surface area contributed by atoms with Crippen LogP contribution in [0.1, 0.15) is 13.8 Å². The average molecular weight is 329 g/mol. The highest BCUT2D eigenvalue weighted by molar-refractivity contribution is 14.0. The van der Waals surface area contributed by atoms with Crippen LogP contribution in [0.5, 0.6) is 0 Å². The van der Waals surface area contributed by atoms with Crippen LogP contribution >= 0.6 is 35.7 Å². The van der Waals surface area contributed by atoms with Crippen LogP contribution in [0, 0.1) is 0 Å². The van der Waals surface area contributed by atoms with Gasteiger partial charge in [-0.3, -0.25) is 4.99 Å². The van der Waals surface area contributed by atoms with Gasteiger partial charge in [0.15, 0.2) is 5.96 Å². The Labute approximate surface area is 108 Å². The number of thioether (sulfide) groups is 1. The number of hydrogen-bond acceptors (Lipinski definition) is 2. The number of hydrogen-bond donors (Lipinski definition) is 1. The van der Waals surface area contributed by atoms with Crippen molar-refractivity contribution >= 4 is 41.7 Å². The van der Waals surface area contributed by atoms with Gasteiger partial charge in [-0.05, 0) is 13.8 Å². The van der Waals surface area contributed by atoms with Crippen molar-refractivity contribution in [2.24, 2.45) is 4.99 Å². The molecule has 0 spiro atoms. The topological polar surface area (TPSA) is 27.6 Å². The highest BCUT2D eigenvalue weighted by Gasteiger charge is 2.28. The lowest BCUT2D eigenvalue weighted by atomic mass is 10.2. The van der Waals surface area contributed by atoms with Crippen LogP contribution in [0.15, 0.2) is 4.99 Å². The summed E-state index contributed by atoms with van der Waals surface area (Å²) in [6, 6.07) is 0. The van der Waals surface area contributed by atoms with E-state index in [1.165, 1.54) is 5.75 Å². The third kappa shape index (κ3) is 3.84. The highest BCUT2D eigenvalue weighted by Crippen LogP contribution is 2.29. The molecule has 0 atom stereocenters. The summed E-state index contributed by atoms with van der Waals surface area (Å²) in [6.07, 6.45) is 0. The van der Waals surface area contributed by atoms with Crippen molar-refractivity contribution in [2.45, 2.75) is 18.6 Å². The van der Waals surface area contributed by atoms with E-state index in [-0.39, 0.29) is 24.0 Å². The molecule has 1 fully saturated rings. The zero-order valence-corrected chi connectivity index (χ0v) is 12.5. The molecule has 0 saturated carbocycles. The molecule has 1 saturated heterocycles. The second-order valence-corrected chi connectivity index (χ2v) is 5.63. The van der Waals surface area contributed by atoms with Crippen molar-refractivity contribution < 1.29 is 0 Å². The molecule has 0 unspecified atom stereocenters. The van der Waals surface area contributed by atoms with Gasteiger partial charge in [-0.25, -0.2) is 0 Å². The van der Waals surface area contributed by atoms with Gasteiger partial charge < -0.3 is 10.2 Å². The van der Waals surface area contributed by atoms with Gasteiger partial charge >= 0.3 is 0 Å². The molecule has 1 aliphatic rings. The number of halogens is 1. The summed E-state index contributed by atoms with van der Waals surface area (Å²) in [5.41, 5.74) is 0. The Balaban J connectivity index is 0.00000169. The molecule has 0 aromatic heterocycles. The van der Waals surface area contributed by atoms with E-state index in [4.69, 9.17) is 0 Å². The Bertz CT molecular complexity index is 206. The molecule has 0 bridgehead atoms. The van der Waals surface area contributed by atoms with Gasteiger partial charge in [0.2, 0.25) is 0 Å². The van der Waals surface area contributed by atoms with Gasteiger partial charge in [0, 0.05) is 37.7 Å². The first kappa shape index (κ1) is 14.3. The van der Waals surface area contributed by atoms with Crippen molar-refractivity contribution in [3.8, 4) is 0 Å². The lowest BCUT2D eigenvalue weighted by Crippen LogP contribution is -2.50. The summed E-state index contributed by atoms with van der Waals surface area (Å²) < 4.78 is 0.352. The largest absolute Gasteiger partial charge is 0.359 e. The van der Waals surface area contributed by atoms with E-state index in [0.717, 1.165) is 19.0 Å². The van der Waals surface area contributed by atoms with Crippen LogP contribution in [0.2, 0.25) is 0 Å². The van der Waals surface area contributed by atoms with Crippen molar-refractivity contribution in [1.82, 2.24) is 10.2 Å². The zero-order valence-electron chi connectivity index (χ0n) is 9.33. The average Bonchev–Trinajstić information content (AvgIpc) is 2.05. The van der Waals surface area contributed by atoms with Crippen LogP contribution in [0.25, 0.3) is 0 Å². The molecule has 3 nitrogen and oxygen atoms in total. The smallest absolute Gasteiger partial charge is 0.193 e. The van der Waals surface area contributed by atoms with Crippen molar-refractivity contribution in [3.05, 3.63) is 0 Å². The van der Waals surface area contributed by atoms with E-state index >= 15 is 0 Å². The molecule has 1 rings (SSSR count). The molecule has 0 aliphatic carbocycles. The minimum atomic E-state index is 0. The Hall–Kier alpha value is 0.350. The molecule has 84 valence electrons. The first-order valence-electron chi connectivity index (χ1n) is 4.62. The number of nitrogens with zero attached hydrogens (tertiary/aromatic N) is 2. The summed E-state index contributed by atoms with van der Waals surface area (Å²) in [4.78, 5) is 6.53. The lowest BCUT2D eigenvalue weighted by molar-refractivity contribution is 0.379. The molecule has 0 amide bonds. The summed E-state index contributed by atoms with van der Waals surface area (Å²) >= 11 is 2.04. The van der Waals surface area contributed by atoms with Crippen molar-refractivity contribution in [2.75, 3.05) is 32.9 Å². The zero-order chi connectivity index (χ0) is 9.90. The molecule has 1 heterocycles. The fraction of sp³-hybridized carbons (Fsp3) is 0.889. The molecule has 0 aromatic carbocycles. The first-order chi connectivity index (χ1) is 6.09. The fourth-order valence-electron chi connectivity index (χ4n) is 1.61. The predicted octanol–water partition coefficient (Wildman–Crippen LogP) is 1.64. The van der Waals surface area contributed by atoms with Gasteiger partial charge in [-0.1, -0.05) is 0 Å². The standard InChI is InChI=1S/C9H19N3S.HI/c1-9(2)7-12(5-6-13-9)8(10-3)11-4;/h5-7H2,1-4H3,(H,10,11);1H. The van der Waals surface area contributed by atoms with E-state index in [1.54, 1.807) is 0 Å². The van der Waals surface area contributed by atoms with Crippen molar-refractivity contribution in [3.63, 3.8) is 0 Å². The molecule has 1 N–H and O–H groups in total. The van der Waals surface area contributed by atoms with E-state index in [2.05, 4.69) is 29.1 Å². The number of rotatable bonds is 0. The van der Waals surface area contributed by atoms with Gasteiger partial charge in [-0.2, -0.15) is 11.8 Å². The van der Waals surface area contributed by atoms with Crippen LogP contribution in [0.4, 0.5) is 0 Å². The Kier molecular flexibility index (Phi) is 6.20. The monoisotopic (exact) mass is 329 g/mol. The molecular weight excluding hydrogens is 309 g/mol. The quantitative estimate of drug-likeness (QED) is 0.416. The number of guanidine groups is 1. The minimum absolute atomic E-state index is 0. The molecule has 5 heteroatoms. The summed E-state index contributed by atoms with van der Waals surface area (Å²) in [7, 11) is 3.76. The van der Waals surface area contributed by atoms with Crippen LogP contribution in [-0.2, 0) is 0 Å². The maximum absolute atomic E-state index is 4.22. The third-order valence-electron chi connectivity index (χ3n) is 2.16. The lowest BCUT2D eigenvalue weighted by Gasteiger charge is -2.38. The normalized spacial score (nSPS) is 21.4. The summed E-state index contributed by atoms with van der Waals surface area (Å²) in [5, 5.41) is 3.13. The van der Waals surface area contributed by atoms with E-state index in [9.17, 15) is 0 Å². The fourth-order valence-corrected chi connectivity index (χ4v) is 2.72. The summed E-state index contributed by atoms with van der Waals surface area (Å²) in [6.45, 7) is 6.74. The molecular formula is C9H20IN3S. The Morgan fingerprint density at radius 3 is 2.57 bits per heavy atom. The first-order valence-corrected chi connectivity index (χ1v) is 5.61. The molecule has 14 heavy (non-hydrogen) atoms. The van der Waals surface area contributed by atoms with Gasteiger partial charge in [0.05, 0.1) is 0 Å². The number of nitrogens with one attached hydrogen (secondary N) is 1. The van der Waals surface area contributed by atoms with Gasteiger partial charge in [-0.15, -0.1) is 24.0 Å². The Morgan fingerprint density at radius 1 is 1.50 bits per heavy atom. The highest BCUT2D eigenvalue weighted by atomic mass is 127. The summed E-state index contributed by atoms with van der Waals surface area (Å²) in [5.74, 6) is 2.20. The maximum Gasteiger partial charge on any atom is 0.193 e. The Morgan fingerprint density at radius 2 is 2.14 bits per heavy atom. The number of aliphatic imine (C=N–C) groups is 1. The second-order valence-electron chi connectivity index (χ2n) is 3.83. The van der Waals surface area contributed by atoms with Crippen LogP contribution < -0.4 is 5.32 Å². The van der Waals surface area contributed by atoms with E-state index < -0.39 is 0 Å². The third-order valence-corrected chi connectivity index (χ3v) is 3.46. The van der Waals surface area contributed by atoms with Crippen LogP contribution in [-0.4, -0.2) is 48.5 Å². The minimum Gasteiger partial charge on any atom is -0.359 e. The predicted molar refractivity (Wildman–Crippen MR) is 75.9 cm³/mol. The van der Waals surface area contributed by atoms with E-state index in [1.807, 2.05) is 25.9 Å². The van der Waals surface area contributed by atoms with Crippen molar-refractivity contribution in [1.29, 1.82) is 0 Å². The molecule has 0 aromatic rings. The molecule has 0 radical (unpaired) electrons.